The Labute approximate surface area is 97.0 Å². The van der Waals surface area contributed by atoms with Gasteiger partial charge in [0.2, 0.25) is 0 Å². The predicted octanol–water partition coefficient (Wildman–Crippen LogP) is 3.53. The van der Waals surface area contributed by atoms with Crippen molar-refractivity contribution in [3.05, 3.63) is 34.4 Å². The lowest BCUT2D eigenvalue weighted by Crippen LogP contribution is -1.94. The minimum absolute atomic E-state index is 0.188. The van der Waals surface area contributed by atoms with E-state index in [9.17, 15) is 4.79 Å². The number of rotatable bonds is 2. The van der Waals surface area contributed by atoms with Gasteiger partial charge < -0.3 is 4.57 Å². The minimum atomic E-state index is 0.188. The van der Waals surface area contributed by atoms with Crippen LogP contribution in [0.5, 0.6) is 0 Å². The maximum Gasteiger partial charge on any atom is 0.164 e. The number of aromatic nitrogens is 1. The average Bonchev–Trinajstić information content (AvgIpc) is 2.57. The maximum absolute atomic E-state index is 11.8. The third-order valence-electron chi connectivity index (χ3n) is 2.59. The van der Waals surface area contributed by atoms with E-state index < -0.39 is 0 Å². The highest BCUT2D eigenvalue weighted by Crippen LogP contribution is 2.29. The summed E-state index contributed by atoms with van der Waals surface area (Å²) < 4.78 is 2.97. The normalized spacial score (nSPS) is 10.9. The molecule has 3 heteroatoms. The number of Topliss-reactive ketones (excluding diaryl/α,β-unsaturated/α-hetero) is 1. The van der Waals surface area contributed by atoms with Crippen molar-refractivity contribution in [2.75, 3.05) is 0 Å². The van der Waals surface area contributed by atoms with Crippen molar-refractivity contribution >= 4 is 32.6 Å². The summed E-state index contributed by atoms with van der Waals surface area (Å²) in [6.45, 7) is 1.89. The first-order valence-electron chi connectivity index (χ1n) is 4.92. The largest absolute Gasteiger partial charge is 0.350 e. The first-order chi connectivity index (χ1) is 7.15. The standard InChI is InChI=1S/C12H12BrNO/c1-3-11(15)8-7-14(2)10-6-4-5-9(13)12(8)10/h4-7H,3H2,1-2H3. The molecule has 1 aromatic carbocycles. The maximum atomic E-state index is 11.8. The molecule has 0 fully saturated rings. The molecule has 2 rings (SSSR count). The van der Waals surface area contributed by atoms with Crippen molar-refractivity contribution in [1.82, 2.24) is 4.57 Å². The number of ketones is 1. The summed E-state index contributed by atoms with van der Waals surface area (Å²) in [5, 5.41) is 1.02. The summed E-state index contributed by atoms with van der Waals surface area (Å²) in [7, 11) is 1.96. The topological polar surface area (TPSA) is 22.0 Å². The van der Waals surface area contributed by atoms with Crippen LogP contribution in [0.15, 0.2) is 28.9 Å². The molecule has 0 radical (unpaired) electrons. The summed E-state index contributed by atoms with van der Waals surface area (Å²) >= 11 is 3.49. The van der Waals surface area contributed by atoms with Crippen molar-refractivity contribution in [2.24, 2.45) is 7.05 Å². The first kappa shape index (κ1) is 10.4. The van der Waals surface area contributed by atoms with E-state index in [0.717, 1.165) is 20.9 Å². The third-order valence-corrected chi connectivity index (χ3v) is 3.25. The van der Waals surface area contributed by atoms with Crippen molar-refractivity contribution in [1.29, 1.82) is 0 Å². The monoisotopic (exact) mass is 265 g/mol. The second kappa shape index (κ2) is 3.81. The molecule has 0 bridgehead atoms. The van der Waals surface area contributed by atoms with Crippen LogP contribution >= 0.6 is 15.9 Å². The number of benzene rings is 1. The van der Waals surface area contributed by atoms with E-state index >= 15 is 0 Å². The van der Waals surface area contributed by atoms with Gasteiger partial charge in [0.1, 0.15) is 0 Å². The van der Waals surface area contributed by atoms with Crippen LogP contribution in [-0.4, -0.2) is 10.4 Å². The molecule has 0 aliphatic heterocycles. The molecule has 0 atom stereocenters. The zero-order valence-corrected chi connectivity index (χ0v) is 10.3. The van der Waals surface area contributed by atoms with Gasteiger partial charge in [-0.1, -0.05) is 28.9 Å². The SMILES string of the molecule is CCC(=O)c1cn(C)c2cccc(Br)c12. The fraction of sp³-hybridized carbons (Fsp3) is 0.250. The minimum Gasteiger partial charge on any atom is -0.350 e. The Morgan fingerprint density at radius 3 is 2.87 bits per heavy atom. The van der Waals surface area contributed by atoms with E-state index in [4.69, 9.17) is 0 Å². The van der Waals surface area contributed by atoms with Crippen LogP contribution in [0.4, 0.5) is 0 Å². The van der Waals surface area contributed by atoms with Crippen LogP contribution in [0.25, 0.3) is 10.9 Å². The van der Waals surface area contributed by atoms with E-state index in [1.54, 1.807) is 0 Å². The molecule has 0 spiro atoms. The van der Waals surface area contributed by atoms with Crippen LogP contribution in [0, 0.1) is 0 Å². The molecular formula is C12H12BrNO. The van der Waals surface area contributed by atoms with E-state index in [1.807, 2.05) is 42.9 Å². The molecule has 0 aliphatic carbocycles. The van der Waals surface area contributed by atoms with Crippen molar-refractivity contribution in [3.8, 4) is 0 Å². The first-order valence-corrected chi connectivity index (χ1v) is 5.71. The quantitative estimate of drug-likeness (QED) is 0.762. The van der Waals surface area contributed by atoms with E-state index in [2.05, 4.69) is 15.9 Å². The number of hydrogen-bond donors (Lipinski definition) is 0. The fourth-order valence-electron chi connectivity index (χ4n) is 1.80. The summed E-state index contributed by atoms with van der Waals surface area (Å²) in [6.07, 6.45) is 2.45. The van der Waals surface area contributed by atoms with Gasteiger partial charge in [-0.05, 0) is 12.1 Å². The second-order valence-electron chi connectivity index (χ2n) is 3.56. The zero-order valence-electron chi connectivity index (χ0n) is 8.75. The second-order valence-corrected chi connectivity index (χ2v) is 4.42. The average molecular weight is 266 g/mol. The number of aryl methyl sites for hydroxylation is 1. The Kier molecular flexibility index (Phi) is 2.65. The molecular weight excluding hydrogens is 254 g/mol. The lowest BCUT2D eigenvalue weighted by Gasteiger charge is -1.98. The van der Waals surface area contributed by atoms with Crippen LogP contribution in [0.2, 0.25) is 0 Å². The number of hydrogen-bond acceptors (Lipinski definition) is 1. The number of carbonyl (C=O) groups is 1. The number of carbonyl (C=O) groups excluding carboxylic acids is 1. The van der Waals surface area contributed by atoms with Gasteiger partial charge in [0.05, 0.1) is 0 Å². The third kappa shape index (κ3) is 1.61. The fourth-order valence-corrected chi connectivity index (χ4v) is 2.37. The van der Waals surface area contributed by atoms with Gasteiger partial charge in [-0.3, -0.25) is 4.79 Å². The Hall–Kier alpha value is -1.09. The highest BCUT2D eigenvalue weighted by atomic mass is 79.9. The van der Waals surface area contributed by atoms with Crippen LogP contribution in [0.1, 0.15) is 23.7 Å². The molecule has 1 heterocycles. The summed E-state index contributed by atoms with van der Waals surface area (Å²) in [5.41, 5.74) is 1.89. The van der Waals surface area contributed by atoms with Crippen LogP contribution in [-0.2, 0) is 7.05 Å². The molecule has 0 aliphatic rings. The number of halogens is 1. The van der Waals surface area contributed by atoms with Gasteiger partial charge in [0.15, 0.2) is 5.78 Å². The molecule has 0 amide bonds. The Morgan fingerprint density at radius 2 is 2.20 bits per heavy atom. The highest BCUT2D eigenvalue weighted by molar-refractivity contribution is 9.10. The Balaban J connectivity index is 2.81. The highest BCUT2D eigenvalue weighted by Gasteiger charge is 2.14. The van der Waals surface area contributed by atoms with Gasteiger partial charge >= 0.3 is 0 Å². The molecule has 2 nitrogen and oxygen atoms in total. The van der Waals surface area contributed by atoms with Crippen molar-refractivity contribution in [3.63, 3.8) is 0 Å². The predicted molar refractivity (Wildman–Crippen MR) is 65.2 cm³/mol. The van der Waals surface area contributed by atoms with Gasteiger partial charge in [0, 0.05) is 40.6 Å². The Bertz CT molecular complexity index is 528. The Morgan fingerprint density at radius 1 is 1.47 bits per heavy atom. The van der Waals surface area contributed by atoms with Gasteiger partial charge in [0.25, 0.3) is 0 Å². The lowest BCUT2D eigenvalue weighted by atomic mass is 10.1. The van der Waals surface area contributed by atoms with Gasteiger partial charge in [-0.25, -0.2) is 0 Å². The van der Waals surface area contributed by atoms with Crippen molar-refractivity contribution in [2.45, 2.75) is 13.3 Å². The van der Waals surface area contributed by atoms with E-state index in [1.165, 1.54) is 0 Å². The molecule has 0 saturated carbocycles. The van der Waals surface area contributed by atoms with Gasteiger partial charge in [-0.15, -0.1) is 0 Å². The smallest absolute Gasteiger partial charge is 0.164 e. The number of nitrogens with zero attached hydrogens (tertiary/aromatic N) is 1. The van der Waals surface area contributed by atoms with Crippen LogP contribution < -0.4 is 0 Å². The molecule has 0 N–H and O–H groups in total. The van der Waals surface area contributed by atoms with Crippen molar-refractivity contribution < 1.29 is 4.79 Å². The molecule has 0 saturated heterocycles. The molecule has 1 aromatic heterocycles. The lowest BCUT2D eigenvalue weighted by molar-refractivity contribution is 0.0989. The summed E-state index contributed by atoms with van der Waals surface area (Å²) in [4.78, 5) is 11.8. The van der Waals surface area contributed by atoms with Crippen LogP contribution in [0.3, 0.4) is 0 Å². The molecule has 0 unspecified atom stereocenters. The molecule has 2 aromatic rings. The van der Waals surface area contributed by atoms with Gasteiger partial charge in [-0.2, -0.15) is 0 Å². The zero-order chi connectivity index (χ0) is 11.0. The van der Waals surface area contributed by atoms with E-state index in [-0.39, 0.29) is 5.78 Å². The summed E-state index contributed by atoms with van der Waals surface area (Å²) in [6, 6.07) is 5.97. The molecule has 78 valence electrons. The molecule has 15 heavy (non-hydrogen) atoms. The number of fused-ring (bicyclic) bond motifs is 1. The summed E-state index contributed by atoms with van der Waals surface area (Å²) in [5.74, 6) is 0.188. The van der Waals surface area contributed by atoms with E-state index in [0.29, 0.717) is 6.42 Å².